The lowest BCUT2D eigenvalue weighted by Crippen LogP contribution is -2.09. The Kier molecular flexibility index (Phi) is 2.50. The first kappa shape index (κ1) is 8.54. The molecule has 1 nitrogen and oxygen atoms in total. The molecule has 2 atom stereocenters. The molecule has 0 saturated heterocycles. The zero-order valence-electron chi connectivity index (χ0n) is 7.46. The van der Waals surface area contributed by atoms with Gasteiger partial charge in [-0.15, -0.1) is 0 Å². The quantitative estimate of drug-likeness (QED) is 0.564. The Morgan fingerprint density at radius 1 is 1.36 bits per heavy atom. The highest BCUT2D eigenvalue weighted by Gasteiger charge is 2.28. The standard InChI is InChI=1S/C10H16O/c1-4-8-6-10(11)7(3)9(8)5-2/h4-5,7,10-11H,6H2,1-3H3/b8-4-,9-5-/t7?,10-/m1/s1. The van der Waals surface area contributed by atoms with E-state index in [0.29, 0.717) is 5.92 Å². The van der Waals surface area contributed by atoms with Gasteiger partial charge in [0.05, 0.1) is 6.10 Å². The average molecular weight is 152 g/mol. The van der Waals surface area contributed by atoms with Crippen molar-refractivity contribution >= 4 is 0 Å². The van der Waals surface area contributed by atoms with Crippen LogP contribution in [0, 0.1) is 5.92 Å². The van der Waals surface area contributed by atoms with Gasteiger partial charge in [0, 0.05) is 5.92 Å². The summed E-state index contributed by atoms with van der Waals surface area (Å²) in [6.45, 7) is 6.15. The van der Waals surface area contributed by atoms with Crippen molar-refractivity contribution < 1.29 is 5.11 Å². The maximum Gasteiger partial charge on any atom is 0.0646 e. The fourth-order valence-electron chi connectivity index (χ4n) is 1.75. The zero-order chi connectivity index (χ0) is 8.43. The minimum absolute atomic E-state index is 0.160. The number of rotatable bonds is 0. The van der Waals surface area contributed by atoms with E-state index in [-0.39, 0.29) is 6.10 Å². The van der Waals surface area contributed by atoms with Gasteiger partial charge in [-0.05, 0) is 31.4 Å². The fourth-order valence-corrected chi connectivity index (χ4v) is 1.75. The van der Waals surface area contributed by atoms with Crippen LogP contribution in [0.1, 0.15) is 27.2 Å². The van der Waals surface area contributed by atoms with Crippen LogP contribution >= 0.6 is 0 Å². The van der Waals surface area contributed by atoms with Crippen LogP contribution in [0.2, 0.25) is 0 Å². The van der Waals surface area contributed by atoms with E-state index in [1.807, 2.05) is 13.8 Å². The lowest BCUT2D eigenvalue weighted by molar-refractivity contribution is 0.152. The second kappa shape index (κ2) is 3.22. The molecule has 0 spiro atoms. The molecule has 1 unspecified atom stereocenters. The minimum atomic E-state index is -0.160. The van der Waals surface area contributed by atoms with Crippen molar-refractivity contribution in [3.63, 3.8) is 0 Å². The van der Waals surface area contributed by atoms with Crippen molar-refractivity contribution in [2.45, 2.75) is 33.3 Å². The molecule has 11 heavy (non-hydrogen) atoms. The molecule has 1 fully saturated rings. The van der Waals surface area contributed by atoms with Gasteiger partial charge in [0.1, 0.15) is 0 Å². The molecule has 0 aromatic heterocycles. The van der Waals surface area contributed by atoms with E-state index in [2.05, 4.69) is 19.1 Å². The molecule has 1 heteroatoms. The highest BCUT2D eigenvalue weighted by Crippen LogP contribution is 2.35. The molecule has 1 rings (SSSR count). The van der Waals surface area contributed by atoms with E-state index in [1.165, 1.54) is 11.1 Å². The number of aliphatic hydroxyl groups excluding tert-OH is 1. The molecule has 0 aromatic carbocycles. The van der Waals surface area contributed by atoms with Crippen LogP contribution in [0.5, 0.6) is 0 Å². The maximum absolute atomic E-state index is 9.52. The Labute approximate surface area is 68.4 Å². The van der Waals surface area contributed by atoms with Crippen LogP contribution in [0.4, 0.5) is 0 Å². The molecule has 1 aliphatic carbocycles. The molecule has 1 saturated carbocycles. The summed E-state index contributed by atoms with van der Waals surface area (Å²) in [4.78, 5) is 0. The molecule has 0 heterocycles. The third-order valence-corrected chi connectivity index (χ3v) is 2.53. The molecule has 0 aliphatic heterocycles. The summed E-state index contributed by atoms with van der Waals surface area (Å²) >= 11 is 0. The van der Waals surface area contributed by atoms with Crippen LogP contribution in [0.25, 0.3) is 0 Å². The Morgan fingerprint density at radius 3 is 2.36 bits per heavy atom. The second-order valence-electron chi connectivity index (χ2n) is 3.12. The molecule has 1 aliphatic rings. The SMILES string of the molecule is C/C=C1/C[C@@H](O)C(C)/C1=C/C. The van der Waals surface area contributed by atoms with E-state index in [4.69, 9.17) is 0 Å². The molecule has 0 radical (unpaired) electrons. The van der Waals surface area contributed by atoms with Crippen molar-refractivity contribution in [3.05, 3.63) is 23.3 Å². The van der Waals surface area contributed by atoms with Gasteiger partial charge in [0.15, 0.2) is 0 Å². The lowest BCUT2D eigenvalue weighted by atomic mass is 10.0. The predicted molar refractivity (Wildman–Crippen MR) is 47.3 cm³/mol. The summed E-state index contributed by atoms with van der Waals surface area (Å²) < 4.78 is 0. The van der Waals surface area contributed by atoms with Gasteiger partial charge in [0.2, 0.25) is 0 Å². The first-order chi connectivity index (χ1) is 5.20. The van der Waals surface area contributed by atoms with E-state index >= 15 is 0 Å². The molecule has 0 aromatic rings. The molecule has 62 valence electrons. The topological polar surface area (TPSA) is 20.2 Å². The van der Waals surface area contributed by atoms with E-state index in [9.17, 15) is 5.11 Å². The summed E-state index contributed by atoms with van der Waals surface area (Å²) in [5, 5.41) is 9.52. The van der Waals surface area contributed by atoms with Crippen molar-refractivity contribution in [2.24, 2.45) is 5.92 Å². The first-order valence-electron chi connectivity index (χ1n) is 4.20. The largest absolute Gasteiger partial charge is 0.392 e. The van der Waals surface area contributed by atoms with Crippen molar-refractivity contribution in [3.8, 4) is 0 Å². The Bertz CT molecular complexity index is 201. The van der Waals surface area contributed by atoms with Gasteiger partial charge < -0.3 is 5.11 Å². The number of aliphatic hydroxyl groups is 1. The maximum atomic E-state index is 9.52. The van der Waals surface area contributed by atoms with Crippen molar-refractivity contribution in [1.29, 1.82) is 0 Å². The van der Waals surface area contributed by atoms with Crippen molar-refractivity contribution in [2.75, 3.05) is 0 Å². The summed E-state index contributed by atoms with van der Waals surface area (Å²) in [6.07, 6.45) is 4.88. The normalized spacial score (nSPS) is 38.9. The summed E-state index contributed by atoms with van der Waals surface area (Å²) in [5.74, 6) is 0.325. The van der Waals surface area contributed by atoms with E-state index < -0.39 is 0 Å². The van der Waals surface area contributed by atoms with Crippen molar-refractivity contribution in [1.82, 2.24) is 0 Å². The van der Waals surface area contributed by atoms with E-state index in [1.54, 1.807) is 0 Å². The Morgan fingerprint density at radius 2 is 2.00 bits per heavy atom. The zero-order valence-corrected chi connectivity index (χ0v) is 7.46. The van der Waals surface area contributed by atoms with Gasteiger partial charge in [-0.25, -0.2) is 0 Å². The molecular weight excluding hydrogens is 136 g/mol. The molecular formula is C10H16O. The first-order valence-corrected chi connectivity index (χ1v) is 4.20. The highest BCUT2D eigenvalue weighted by molar-refractivity contribution is 5.38. The Hall–Kier alpha value is -0.560. The lowest BCUT2D eigenvalue weighted by Gasteiger charge is -2.07. The molecule has 0 amide bonds. The minimum Gasteiger partial charge on any atom is -0.392 e. The van der Waals surface area contributed by atoms with Crippen LogP contribution in [0.3, 0.4) is 0 Å². The average Bonchev–Trinajstić information content (AvgIpc) is 2.28. The Balaban J connectivity index is 2.91. The number of hydrogen-bond donors (Lipinski definition) is 1. The van der Waals surface area contributed by atoms with Crippen LogP contribution in [-0.4, -0.2) is 11.2 Å². The smallest absolute Gasteiger partial charge is 0.0646 e. The summed E-state index contributed by atoms with van der Waals surface area (Å²) in [7, 11) is 0. The summed E-state index contributed by atoms with van der Waals surface area (Å²) in [6, 6.07) is 0. The number of hydrogen-bond acceptors (Lipinski definition) is 1. The molecule has 0 bridgehead atoms. The van der Waals surface area contributed by atoms with Gasteiger partial charge in [-0.2, -0.15) is 0 Å². The van der Waals surface area contributed by atoms with Gasteiger partial charge in [-0.3, -0.25) is 0 Å². The highest BCUT2D eigenvalue weighted by atomic mass is 16.3. The second-order valence-corrected chi connectivity index (χ2v) is 3.12. The predicted octanol–water partition coefficient (Wildman–Crippen LogP) is 2.28. The van der Waals surface area contributed by atoms with Crippen LogP contribution < -0.4 is 0 Å². The van der Waals surface area contributed by atoms with Crippen LogP contribution in [-0.2, 0) is 0 Å². The van der Waals surface area contributed by atoms with Crippen LogP contribution in [0.15, 0.2) is 23.3 Å². The van der Waals surface area contributed by atoms with Gasteiger partial charge in [0.25, 0.3) is 0 Å². The van der Waals surface area contributed by atoms with Gasteiger partial charge in [-0.1, -0.05) is 19.1 Å². The van der Waals surface area contributed by atoms with E-state index in [0.717, 1.165) is 6.42 Å². The van der Waals surface area contributed by atoms with Gasteiger partial charge >= 0.3 is 0 Å². The third-order valence-electron chi connectivity index (χ3n) is 2.53. The molecule has 1 N–H and O–H groups in total. The third kappa shape index (κ3) is 1.38. The number of allylic oxidation sites excluding steroid dienone is 2. The summed E-state index contributed by atoms with van der Waals surface area (Å²) in [5.41, 5.74) is 2.63. The fraction of sp³-hybridized carbons (Fsp3) is 0.600. The monoisotopic (exact) mass is 152 g/mol.